The summed E-state index contributed by atoms with van der Waals surface area (Å²) in [6.45, 7) is 8.83. The minimum atomic E-state index is 0.219. The maximum Gasteiger partial charge on any atom is 0.240 e. The van der Waals surface area contributed by atoms with E-state index in [1.807, 2.05) is 0 Å². The van der Waals surface area contributed by atoms with E-state index >= 15 is 0 Å². The summed E-state index contributed by atoms with van der Waals surface area (Å²) in [6, 6.07) is 0.315. The minimum Gasteiger partial charge on any atom is -0.367 e. The maximum atomic E-state index is 5.65. The predicted molar refractivity (Wildman–Crippen MR) is 48.8 cm³/mol. The second-order valence-corrected chi connectivity index (χ2v) is 4.83. The largest absolute Gasteiger partial charge is 0.367 e. The SMILES string of the molecule is CC1(C)C(n2nnnc2N)C1(C)C. The molecule has 0 bridgehead atoms. The van der Waals surface area contributed by atoms with Crippen molar-refractivity contribution in [3.05, 3.63) is 0 Å². The molecule has 1 aliphatic carbocycles. The van der Waals surface area contributed by atoms with Crippen molar-refractivity contribution in [1.82, 2.24) is 20.2 Å². The Labute approximate surface area is 77.3 Å². The second kappa shape index (κ2) is 2.02. The molecule has 72 valence electrons. The van der Waals surface area contributed by atoms with E-state index in [2.05, 4.69) is 43.2 Å². The molecule has 0 radical (unpaired) electrons. The fourth-order valence-electron chi connectivity index (χ4n) is 2.16. The first kappa shape index (κ1) is 8.47. The molecule has 0 saturated heterocycles. The van der Waals surface area contributed by atoms with Crippen molar-refractivity contribution in [3.63, 3.8) is 0 Å². The summed E-state index contributed by atoms with van der Waals surface area (Å²) < 4.78 is 1.72. The van der Waals surface area contributed by atoms with Crippen LogP contribution in [-0.4, -0.2) is 20.2 Å². The van der Waals surface area contributed by atoms with Gasteiger partial charge in [0.15, 0.2) is 0 Å². The molecule has 1 aromatic rings. The van der Waals surface area contributed by atoms with Crippen LogP contribution in [0, 0.1) is 10.8 Å². The lowest BCUT2D eigenvalue weighted by atomic mass is 10.0. The van der Waals surface area contributed by atoms with Gasteiger partial charge in [-0.2, -0.15) is 0 Å². The quantitative estimate of drug-likeness (QED) is 0.697. The zero-order chi connectivity index (χ0) is 9.85. The van der Waals surface area contributed by atoms with Crippen LogP contribution in [0.5, 0.6) is 0 Å². The minimum absolute atomic E-state index is 0.219. The highest BCUT2D eigenvalue weighted by molar-refractivity contribution is 5.23. The van der Waals surface area contributed by atoms with Gasteiger partial charge in [-0.15, -0.1) is 0 Å². The summed E-state index contributed by atoms with van der Waals surface area (Å²) in [5, 5.41) is 11.1. The van der Waals surface area contributed by atoms with Crippen LogP contribution in [-0.2, 0) is 0 Å². The highest BCUT2D eigenvalue weighted by atomic mass is 15.6. The van der Waals surface area contributed by atoms with E-state index in [0.29, 0.717) is 12.0 Å². The van der Waals surface area contributed by atoms with E-state index in [0.717, 1.165) is 0 Å². The van der Waals surface area contributed by atoms with E-state index in [1.54, 1.807) is 4.68 Å². The molecule has 1 aromatic heterocycles. The smallest absolute Gasteiger partial charge is 0.240 e. The van der Waals surface area contributed by atoms with E-state index in [-0.39, 0.29) is 10.8 Å². The van der Waals surface area contributed by atoms with Gasteiger partial charge in [0.2, 0.25) is 5.95 Å². The normalized spacial score (nSPS) is 24.6. The van der Waals surface area contributed by atoms with Crippen LogP contribution in [0.25, 0.3) is 0 Å². The van der Waals surface area contributed by atoms with Crippen LogP contribution in [0.4, 0.5) is 5.95 Å². The van der Waals surface area contributed by atoms with Crippen LogP contribution < -0.4 is 5.73 Å². The summed E-state index contributed by atoms with van der Waals surface area (Å²) in [5.41, 5.74) is 6.09. The molecule has 1 saturated carbocycles. The molecule has 0 spiro atoms. The number of nitrogens with two attached hydrogens (primary N) is 1. The molecule has 2 N–H and O–H groups in total. The number of hydrogen-bond acceptors (Lipinski definition) is 4. The zero-order valence-electron chi connectivity index (χ0n) is 8.44. The van der Waals surface area contributed by atoms with Gasteiger partial charge >= 0.3 is 0 Å². The molecule has 0 atom stereocenters. The fraction of sp³-hybridized carbons (Fsp3) is 0.875. The Morgan fingerprint density at radius 1 is 1.23 bits per heavy atom. The zero-order valence-corrected chi connectivity index (χ0v) is 8.44. The van der Waals surface area contributed by atoms with Gasteiger partial charge in [0, 0.05) is 0 Å². The Balaban J connectivity index is 2.38. The first-order valence-electron chi connectivity index (χ1n) is 4.42. The van der Waals surface area contributed by atoms with Gasteiger partial charge in [0.1, 0.15) is 0 Å². The monoisotopic (exact) mass is 181 g/mol. The molecule has 0 unspecified atom stereocenters. The number of tetrazole rings is 1. The first-order valence-corrected chi connectivity index (χ1v) is 4.42. The lowest BCUT2D eigenvalue weighted by Crippen LogP contribution is -2.07. The van der Waals surface area contributed by atoms with Gasteiger partial charge in [-0.1, -0.05) is 32.8 Å². The molecule has 1 heterocycles. The van der Waals surface area contributed by atoms with Gasteiger partial charge in [0.25, 0.3) is 0 Å². The second-order valence-electron chi connectivity index (χ2n) is 4.83. The molecule has 1 aliphatic rings. The Hall–Kier alpha value is -1.13. The molecule has 13 heavy (non-hydrogen) atoms. The van der Waals surface area contributed by atoms with Gasteiger partial charge < -0.3 is 5.73 Å². The van der Waals surface area contributed by atoms with Crippen molar-refractivity contribution in [2.75, 3.05) is 5.73 Å². The highest BCUT2D eigenvalue weighted by Crippen LogP contribution is 2.71. The Bertz CT molecular complexity index is 324. The van der Waals surface area contributed by atoms with Gasteiger partial charge in [0.05, 0.1) is 6.04 Å². The molecule has 0 aliphatic heterocycles. The van der Waals surface area contributed by atoms with E-state index in [1.165, 1.54) is 0 Å². The Kier molecular flexibility index (Phi) is 1.32. The lowest BCUT2D eigenvalue weighted by molar-refractivity contribution is 0.457. The Morgan fingerprint density at radius 2 is 1.77 bits per heavy atom. The summed E-state index contributed by atoms with van der Waals surface area (Å²) in [4.78, 5) is 0. The molecular weight excluding hydrogens is 166 g/mol. The summed E-state index contributed by atoms with van der Waals surface area (Å²) in [6.07, 6.45) is 0. The number of nitrogens with zero attached hydrogens (tertiary/aromatic N) is 4. The first-order chi connectivity index (χ1) is 5.89. The van der Waals surface area contributed by atoms with E-state index in [4.69, 9.17) is 5.73 Å². The van der Waals surface area contributed by atoms with Crippen LogP contribution in [0.2, 0.25) is 0 Å². The van der Waals surface area contributed by atoms with Crippen molar-refractivity contribution >= 4 is 5.95 Å². The average Bonchev–Trinajstić information content (AvgIpc) is 2.33. The summed E-state index contributed by atoms with van der Waals surface area (Å²) in [5.74, 6) is 0.406. The lowest BCUT2D eigenvalue weighted by Gasteiger charge is -2.02. The van der Waals surface area contributed by atoms with Crippen molar-refractivity contribution in [1.29, 1.82) is 0 Å². The standard InChI is InChI=1S/C8H15N5/c1-7(2)5(8(7,3)4)13-6(9)10-11-12-13/h5H,1-4H3,(H2,9,10,12). The third-order valence-corrected chi connectivity index (χ3v) is 3.71. The van der Waals surface area contributed by atoms with Gasteiger partial charge in [-0.25, -0.2) is 4.68 Å². The van der Waals surface area contributed by atoms with Crippen LogP contribution in [0.15, 0.2) is 0 Å². The molecule has 5 nitrogen and oxygen atoms in total. The number of nitrogen functional groups attached to an aromatic ring is 1. The fourth-order valence-corrected chi connectivity index (χ4v) is 2.16. The molecule has 0 amide bonds. The van der Waals surface area contributed by atoms with E-state index < -0.39 is 0 Å². The number of rotatable bonds is 1. The van der Waals surface area contributed by atoms with E-state index in [9.17, 15) is 0 Å². The van der Waals surface area contributed by atoms with Crippen molar-refractivity contribution in [2.45, 2.75) is 33.7 Å². The van der Waals surface area contributed by atoms with Crippen LogP contribution in [0.1, 0.15) is 33.7 Å². The average molecular weight is 181 g/mol. The van der Waals surface area contributed by atoms with Gasteiger partial charge in [-0.3, -0.25) is 0 Å². The Morgan fingerprint density at radius 3 is 2.08 bits per heavy atom. The highest BCUT2D eigenvalue weighted by Gasteiger charge is 2.67. The molecule has 1 fully saturated rings. The maximum absolute atomic E-state index is 5.65. The number of aromatic nitrogens is 4. The third-order valence-electron chi connectivity index (χ3n) is 3.71. The third kappa shape index (κ3) is 0.842. The van der Waals surface area contributed by atoms with Crippen LogP contribution in [0.3, 0.4) is 0 Å². The topological polar surface area (TPSA) is 69.6 Å². The van der Waals surface area contributed by atoms with Crippen molar-refractivity contribution in [3.8, 4) is 0 Å². The number of anilines is 1. The molecular formula is C8H15N5. The van der Waals surface area contributed by atoms with Gasteiger partial charge in [-0.05, 0) is 21.3 Å². The predicted octanol–water partition coefficient (Wildman–Crippen LogP) is 0.862. The number of hydrogen-bond donors (Lipinski definition) is 1. The molecule has 0 aromatic carbocycles. The van der Waals surface area contributed by atoms with Crippen molar-refractivity contribution < 1.29 is 0 Å². The van der Waals surface area contributed by atoms with Crippen molar-refractivity contribution in [2.24, 2.45) is 10.8 Å². The molecule has 5 heteroatoms. The summed E-state index contributed by atoms with van der Waals surface area (Å²) in [7, 11) is 0. The molecule has 2 rings (SSSR count). The summed E-state index contributed by atoms with van der Waals surface area (Å²) >= 11 is 0. The van der Waals surface area contributed by atoms with Crippen LogP contribution >= 0.6 is 0 Å².